The van der Waals surface area contributed by atoms with Gasteiger partial charge in [-0.1, -0.05) is 6.07 Å². The van der Waals surface area contributed by atoms with Gasteiger partial charge >= 0.3 is 12.1 Å². The molecule has 1 aliphatic rings. The van der Waals surface area contributed by atoms with Crippen molar-refractivity contribution in [3.05, 3.63) is 66.3 Å². The Bertz CT molecular complexity index is 1700. The Morgan fingerprint density at radius 3 is 2.49 bits per heavy atom. The summed E-state index contributed by atoms with van der Waals surface area (Å²) in [7, 11) is 0. The van der Waals surface area contributed by atoms with Gasteiger partial charge in [0.1, 0.15) is 23.8 Å². The lowest BCUT2D eigenvalue weighted by Crippen LogP contribution is -2.37. The number of morpholine rings is 1. The number of carboxylic acids is 1. The Balaban J connectivity index is 0.000000431. The molecule has 41 heavy (non-hydrogen) atoms. The number of hydrogen-bond donors (Lipinski definition) is 3. The predicted molar refractivity (Wildman–Crippen MR) is 137 cm³/mol. The van der Waals surface area contributed by atoms with E-state index in [0.29, 0.717) is 78.3 Å². The smallest absolute Gasteiger partial charge is 0.475 e. The Kier molecular flexibility index (Phi) is 7.65. The van der Waals surface area contributed by atoms with Gasteiger partial charge in [0.2, 0.25) is 5.95 Å². The standard InChI is InChI=1S/C23H20F2N8O.C2HF3O2/c24-14-2-1-3-16(10-14)33-13-27-20-21(30-23(31-22(20)33)32-6-8-34-9-7-32)26-12-19-28-17-5-4-15(25)11-18(17)29-19;3-2(4,5)1(6)7/h1-5,10-11,13H,6-9,12H2,(H,28,29)(H,26,30,31);(H,6,7). The Morgan fingerprint density at radius 2 is 1.78 bits per heavy atom. The average Bonchev–Trinajstić information content (AvgIpc) is 3.55. The number of anilines is 2. The number of alkyl halides is 3. The van der Waals surface area contributed by atoms with Gasteiger partial charge in [0.05, 0.1) is 36.5 Å². The van der Waals surface area contributed by atoms with Crippen LogP contribution in [-0.4, -0.2) is 73.0 Å². The lowest BCUT2D eigenvalue weighted by Gasteiger charge is -2.27. The van der Waals surface area contributed by atoms with Crippen LogP contribution in [0, 0.1) is 11.6 Å². The van der Waals surface area contributed by atoms with Crippen LogP contribution in [0.3, 0.4) is 0 Å². The first-order valence-corrected chi connectivity index (χ1v) is 12.1. The minimum absolute atomic E-state index is 0.317. The number of nitrogens with one attached hydrogen (secondary N) is 2. The number of carboxylic acid groups (broad SMARTS) is 1. The molecule has 6 rings (SSSR count). The molecule has 4 heterocycles. The van der Waals surface area contributed by atoms with E-state index < -0.39 is 12.1 Å². The monoisotopic (exact) mass is 576 g/mol. The second-order valence-electron chi connectivity index (χ2n) is 8.74. The van der Waals surface area contributed by atoms with Gasteiger partial charge in [-0.15, -0.1) is 0 Å². The van der Waals surface area contributed by atoms with Crippen molar-refractivity contribution in [2.75, 3.05) is 36.5 Å². The lowest BCUT2D eigenvalue weighted by atomic mass is 10.3. The SMILES string of the molecule is Fc1cccc(-n2cnc3c(NCc4nc5ccc(F)cc5[nH]4)nc(N4CCOCC4)nc32)c1.O=C(O)C(F)(F)F. The molecular weight excluding hydrogens is 555 g/mol. The highest BCUT2D eigenvalue weighted by atomic mass is 19.4. The van der Waals surface area contributed by atoms with Crippen molar-refractivity contribution in [3.63, 3.8) is 0 Å². The minimum atomic E-state index is -5.08. The number of H-pyrrole nitrogens is 1. The molecule has 0 aliphatic carbocycles. The number of nitrogens with zero attached hydrogens (tertiary/aromatic N) is 6. The number of halogens is 5. The van der Waals surface area contributed by atoms with E-state index >= 15 is 0 Å². The van der Waals surface area contributed by atoms with Crippen LogP contribution < -0.4 is 10.2 Å². The fourth-order valence-corrected chi connectivity index (χ4v) is 4.02. The predicted octanol–water partition coefficient (Wildman–Crippen LogP) is 4.05. The summed E-state index contributed by atoms with van der Waals surface area (Å²) in [6, 6.07) is 10.7. The van der Waals surface area contributed by atoms with Gasteiger partial charge in [-0.2, -0.15) is 23.1 Å². The molecule has 3 N–H and O–H groups in total. The maximum absolute atomic E-state index is 13.9. The third-order valence-electron chi connectivity index (χ3n) is 5.92. The first-order chi connectivity index (χ1) is 19.6. The van der Waals surface area contributed by atoms with Crippen molar-refractivity contribution in [2.24, 2.45) is 0 Å². The molecule has 1 aliphatic heterocycles. The molecule has 1 fully saturated rings. The fourth-order valence-electron chi connectivity index (χ4n) is 4.02. The van der Waals surface area contributed by atoms with E-state index in [9.17, 15) is 22.0 Å². The third kappa shape index (κ3) is 6.32. The molecule has 11 nitrogen and oxygen atoms in total. The minimum Gasteiger partial charge on any atom is -0.475 e. The highest BCUT2D eigenvalue weighted by Gasteiger charge is 2.38. The van der Waals surface area contributed by atoms with E-state index in [4.69, 9.17) is 24.6 Å². The average molecular weight is 576 g/mol. The number of aliphatic carboxylic acids is 1. The maximum Gasteiger partial charge on any atom is 0.490 e. The van der Waals surface area contributed by atoms with Crippen LogP contribution in [0.15, 0.2) is 48.8 Å². The summed E-state index contributed by atoms with van der Waals surface area (Å²) in [4.78, 5) is 32.6. The quantitative estimate of drug-likeness (QED) is 0.265. The molecule has 0 saturated carbocycles. The fraction of sp³-hybridized carbons (Fsp3) is 0.240. The molecule has 0 bridgehead atoms. The molecular formula is C25H21F5N8O3. The van der Waals surface area contributed by atoms with Gasteiger partial charge in [0.15, 0.2) is 17.0 Å². The molecule has 0 atom stereocenters. The van der Waals surface area contributed by atoms with Crippen molar-refractivity contribution >= 4 is 39.9 Å². The number of benzene rings is 2. The topological polar surface area (TPSA) is 134 Å². The molecule has 2 aromatic carbocycles. The summed E-state index contributed by atoms with van der Waals surface area (Å²) >= 11 is 0. The van der Waals surface area contributed by atoms with Gasteiger partial charge < -0.3 is 25.0 Å². The van der Waals surface area contributed by atoms with Crippen molar-refractivity contribution in [1.82, 2.24) is 29.5 Å². The molecule has 0 amide bonds. The van der Waals surface area contributed by atoms with Crippen LogP contribution in [0.4, 0.5) is 33.7 Å². The van der Waals surface area contributed by atoms with Crippen LogP contribution in [-0.2, 0) is 16.1 Å². The molecule has 1 saturated heterocycles. The number of hydrogen-bond acceptors (Lipinski definition) is 8. The second kappa shape index (κ2) is 11.3. The van der Waals surface area contributed by atoms with Gasteiger partial charge in [-0.25, -0.2) is 23.5 Å². The molecule has 0 radical (unpaired) electrons. The highest BCUT2D eigenvalue weighted by Crippen LogP contribution is 2.26. The van der Waals surface area contributed by atoms with Gasteiger partial charge in [0.25, 0.3) is 0 Å². The number of rotatable bonds is 5. The van der Waals surface area contributed by atoms with Crippen molar-refractivity contribution in [3.8, 4) is 5.69 Å². The number of imidazole rings is 2. The van der Waals surface area contributed by atoms with E-state index in [-0.39, 0.29) is 11.6 Å². The zero-order valence-electron chi connectivity index (χ0n) is 21.0. The number of ether oxygens (including phenoxy) is 1. The first kappa shape index (κ1) is 27.7. The van der Waals surface area contributed by atoms with Crippen LogP contribution in [0.2, 0.25) is 0 Å². The number of aromatic amines is 1. The Hall–Kier alpha value is -4.86. The summed E-state index contributed by atoms with van der Waals surface area (Å²) in [5.41, 5.74) is 3.00. The zero-order valence-corrected chi connectivity index (χ0v) is 21.0. The molecule has 16 heteroatoms. The van der Waals surface area contributed by atoms with Gasteiger partial charge in [-0.05, 0) is 36.4 Å². The van der Waals surface area contributed by atoms with Crippen molar-refractivity contribution in [1.29, 1.82) is 0 Å². The zero-order chi connectivity index (χ0) is 29.1. The highest BCUT2D eigenvalue weighted by molar-refractivity contribution is 5.85. The van der Waals surface area contributed by atoms with E-state index in [1.807, 2.05) is 4.90 Å². The van der Waals surface area contributed by atoms with E-state index in [1.165, 1.54) is 24.3 Å². The van der Waals surface area contributed by atoms with E-state index in [0.717, 1.165) is 0 Å². The second-order valence-corrected chi connectivity index (χ2v) is 8.74. The molecule has 3 aromatic heterocycles. The van der Waals surface area contributed by atoms with Crippen LogP contribution in [0.1, 0.15) is 5.82 Å². The van der Waals surface area contributed by atoms with Crippen LogP contribution in [0.5, 0.6) is 0 Å². The number of aromatic nitrogens is 6. The summed E-state index contributed by atoms with van der Waals surface area (Å²) in [6.45, 7) is 2.81. The lowest BCUT2D eigenvalue weighted by molar-refractivity contribution is -0.192. The maximum atomic E-state index is 13.9. The van der Waals surface area contributed by atoms with Crippen molar-refractivity contribution < 1.29 is 36.6 Å². The Labute approximate surface area is 227 Å². The summed E-state index contributed by atoms with van der Waals surface area (Å²) in [5.74, 6) is -1.75. The van der Waals surface area contributed by atoms with Crippen molar-refractivity contribution in [2.45, 2.75) is 12.7 Å². The summed E-state index contributed by atoms with van der Waals surface area (Å²) in [5, 5.41) is 10.4. The first-order valence-electron chi connectivity index (χ1n) is 12.1. The van der Waals surface area contributed by atoms with E-state index in [2.05, 4.69) is 20.3 Å². The Morgan fingerprint density at radius 1 is 1.05 bits per heavy atom. The van der Waals surface area contributed by atoms with Gasteiger partial charge in [0, 0.05) is 13.1 Å². The molecule has 5 aromatic rings. The summed E-state index contributed by atoms with van der Waals surface area (Å²) in [6.07, 6.45) is -3.48. The molecule has 0 spiro atoms. The largest absolute Gasteiger partial charge is 0.490 e. The van der Waals surface area contributed by atoms with E-state index in [1.54, 1.807) is 29.1 Å². The molecule has 214 valence electrons. The molecule has 0 unspecified atom stereocenters. The number of fused-ring (bicyclic) bond motifs is 2. The van der Waals surface area contributed by atoms with Gasteiger partial charge in [-0.3, -0.25) is 4.57 Å². The third-order valence-corrected chi connectivity index (χ3v) is 5.92. The van der Waals surface area contributed by atoms with Crippen LogP contribution in [0.25, 0.3) is 27.9 Å². The summed E-state index contributed by atoms with van der Waals surface area (Å²) < 4.78 is 66.4. The van der Waals surface area contributed by atoms with Crippen LogP contribution >= 0.6 is 0 Å². The normalized spacial score (nSPS) is 13.7. The number of carbonyl (C=O) groups is 1.